The van der Waals surface area contributed by atoms with Crippen LogP contribution in [0.4, 0.5) is 0 Å². The Morgan fingerprint density at radius 3 is 2.42 bits per heavy atom. The van der Waals surface area contributed by atoms with Gasteiger partial charge >= 0.3 is 5.97 Å². The minimum Gasteiger partial charge on any atom is -0.463 e. The highest BCUT2D eigenvalue weighted by Crippen LogP contribution is 2.21. The molecule has 228 valence electrons. The Kier molecular flexibility index (Phi) is 15.2. The van der Waals surface area contributed by atoms with Gasteiger partial charge in [0, 0.05) is 13.1 Å². The Balaban J connectivity index is 2.02. The summed E-state index contributed by atoms with van der Waals surface area (Å²) >= 11 is 0. The predicted molar refractivity (Wildman–Crippen MR) is 156 cm³/mol. The normalized spacial score (nSPS) is 19.7. The summed E-state index contributed by atoms with van der Waals surface area (Å²) in [6, 6.07) is -1.67. The van der Waals surface area contributed by atoms with Crippen LogP contribution in [0.25, 0.3) is 0 Å². The van der Waals surface area contributed by atoms with E-state index in [0.717, 1.165) is 45.3 Å². The highest BCUT2D eigenvalue weighted by Gasteiger charge is 2.39. The van der Waals surface area contributed by atoms with Crippen molar-refractivity contribution in [1.29, 1.82) is 0 Å². The van der Waals surface area contributed by atoms with Gasteiger partial charge in [0.25, 0.3) is 0 Å². The number of hydrogen-bond donors (Lipinski definition) is 4. The molecule has 0 aromatic carbocycles. The predicted octanol–water partition coefficient (Wildman–Crippen LogP) is 2.28. The molecule has 0 aliphatic carbocycles. The number of esters is 1. The number of likely N-dealkylation sites (N-methyl/N-ethyl adjacent to an activating group) is 1. The Labute approximate surface area is 240 Å². The monoisotopic (exact) mass is 563 g/mol. The Hall–Kier alpha value is -2.46. The van der Waals surface area contributed by atoms with Crippen LogP contribution in [0.5, 0.6) is 0 Å². The van der Waals surface area contributed by atoms with Gasteiger partial charge in [-0.3, -0.25) is 19.2 Å². The first-order valence-corrected chi connectivity index (χ1v) is 15.3. The number of nitrogens with one attached hydrogen (secondary N) is 4. The van der Waals surface area contributed by atoms with E-state index in [1.807, 2.05) is 40.7 Å². The maximum Gasteiger partial charge on any atom is 0.309 e. The average molecular weight is 564 g/mol. The van der Waals surface area contributed by atoms with E-state index in [-0.39, 0.29) is 42.1 Å². The van der Waals surface area contributed by atoms with E-state index < -0.39 is 18.1 Å². The number of nitrogens with zero attached hydrogens (tertiary/aromatic N) is 1. The molecule has 0 aromatic heterocycles. The van der Waals surface area contributed by atoms with E-state index in [2.05, 4.69) is 21.3 Å². The van der Waals surface area contributed by atoms with Crippen molar-refractivity contribution in [2.24, 2.45) is 11.8 Å². The number of ether oxygens (including phenoxy) is 1. The number of amides is 3. The number of likely N-dealkylation sites (tertiary alicyclic amines) is 1. The van der Waals surface area contributed by atoms with Gasteiger partial charge in [0.05, 0.1) is 18.6 Å². The van der Waals surface area contributed by atoms with Crippen LogP contribution in [0.15, 0.2) is 12.2 Å². The number of allylic oxidation sites excluding steroid dienone is 1. The molecule has 10 nitrogen and oxygen atoms in total. The van der Waals surface area contributed by atoms with Crippen LogP contribution in [-0.4, -0.2) is 85.5 Å². The third-order valence-corrected chi connectivity index (χ3v) is 7.58. The van der Waals surface area contributed by atoms with Crippen LogP contribution in [0.2, 0.25) is 0 Å². The molecule has 4 N–H and O–H groups in total. The minimum atomic E-state index is -0.711. The minimum absolute atomic E-state index is 0.130. The lowest BCUT2D eigenvalue weighted by atomic mass is 9.94. The van der Waals surface area contributed by atoms with Crippen LogP contribution in [-0.2, 0) is 23.9 Å². The molecule has 2 heterocycles. The number of hydrogen-bond acceptors (Lipinski definition) is 7. The van der Waals surface area contributed by atoms with Gasteiger partial charge in [-0.15, -0.1) is 0 Å². The molecule has 2 rings (SSSR count). The van der Waals surface area contributed by atoms with Crippen molar-refractivity contribution in [3.05, 3.63) is 12.2 Å². The number of rotatable bonds is 16. The highest BCUT2D eigenvalue weighted by atomic mass is 16.5. The zero-order chi connectivity index (χ0) is 29.5. The van der Waals surface area contributed by atoms with Gasteiger partial charge < -0.3 is 30.9 Å². The molecule has 0 unspecified atom stereocenters. The van der Waals surface area contributed by atoms with Gasteiger partial charge in [0.15, 0.2) is 0 Å². The van der Waals surface area contributed by atoms with E-state index >= 15 is 0 Å². The van der Waals surface area contributed by atoms with Crippen LogP contribution >= 0.6 is 0 Å². The average Bonchev–Trinajstić information content (AvgIpc) is 3.40. The molecule has 2 fully saturated rings. The molecule has 2 aliphatic heterocycles. The van der Waals surface area contributed by atoms with Crippen LogP contribution in [0.3, 0.4) is 0 Å². The largest absolute Gasteiger partial charge is 0.463 e. The Bertz CT molecular complexity index is 840. The third kappa shape index (κ3) is 11.6. The maximum absolute atomic E-state index is 13.6. The van der Waals surface area contributed by atoms with E-state index in [1.54, 1.807) is 11.0 Å². The molecule has 10 heteroatoms. The topological polar surface area (TPSA) is 129 Å². The smallest absolute Gasteiger partial charge is 0.309 e. The summed E-state index contributed by atoms with van der Waals surface area (Å²) in [6.07, 6.45) is 9.57. The fourth-order valence-electron chi connectivity index (χ4n) is 5.37. The molecule has 2 aliphatic rings. The molecule has 3 atom stereocenters. The van der Waals surface area contributed by atoms with E-state index in [0.29, 0.717) is 38.3 Å². The number of carbonyl (C=O) groups excluding carboxylic acids is 4. The summed E-state index contributed by atoms with van der Waals surface area (Å²) in [5.41, 5.74) is 0. The van der Waals surface area contributed by atoms with Gasteiger partial charge in [-0.05, 0) is 97.2 Å². The van der Waals surface area contributed by atoms with Gasteiger partial charge in [-0.2, -0.15) is 0 Å². The lowest BCUT2D eigenvalue weighted by molar-refractivity contribution is -0.146. The molecule has 0 saturated carbocycles. The molecule has 2 saturated heterocycles. The summed E-state index contributed by atoms with van der Waals surface area (Å²) in [5, 5.41) is 12.7. The first kappa shape index (κ1) is 33.7. The van der Waals surface area contributed by atoms with Crippen LogP contribution < -0.4 is 21.3 Å². The van der Waals surface area contributed by atoms with Gasteiger partial charge in [0.1, 0.15) is 12.1 Å². The van der Waals surface area contributed by atoms with E-state index in [9.17, 15) is 19.2 Å². The lowest BCUT2D eigenvalue weighted by Crippen LogP contribution is -2.57. The second-order valence-electron chi connectivity index (χ2n) is 11.6. The maximum atomic E-state index is 13.6. The van der Waals surface area contributed by atoms with Crippen molar-refractivity contribution >= 4 is 23.7 Å². The molecule has 0 bridgehead atoms. The summed E-state index contributed by atoms with van der Waals surface area (Å²) in [5.74, 6) is -0.312. The summed E-state index contributed by atoms with van der Waals surface area (Å²) < 4.78 is 5.16. The summed E-state index contributed by atoms with van der Waals surface area (Å²) in [4.78, 5) is 53.1. The number of piperidine rings is 1. The third-order valence-electron chi connectivity index (χ3n) is 7.58. The first-order chi connectivity index (χ1) is 19.1. The van der Waals surface area contributed by atoms with Crippen molar-refractivity contribution in [1.82, 2.24) is 26.2 Å². The van der Waals surface area contributed by atoms with Crippen molar-refractivity contribution in [2.75, 3.05) is 32.7 Å². The Morgan fingerprint density at radius 1 is 1.05 bits per heavy atom. The summed E-state index contributed by atoms with van der Waals surface area (Å²) in [7, 11) is 0. The van der Waals surface area contributed by atoms with Crippen molar-refractivity contribution < 1.29 is 23.9 Å². The van der Waals surface area contributed by atoms with E-state index in [1.165, 1.54) is 0 Å². The van der Waals surface area contributed by atoms with Gasteiger partial charge in [-0.1, -0.05) is 26.0 Å². The standard InChI is InChI=1S/C30H53N5O5/c1-6-32-29(38)25-12-10-20-35(25)30(39)27(21(2)3)34-28(37)24(33-19-16-23-14-17-31-18-15-23)11-8-7-9-13-26(36)40-22(4)5/h7,9,21-25,27,31,33H,6,8,10-20H2,1-5H3,(H,32,38)(H,34,37)/b9-7+/t24-,25-,27-/m0/s1. The van der Waals surface area contributed by atoms with Crippen molar-refractivity contribution in [3.8, 4) is 0 Å². The lowest BCUT2D eigenvalue weighted by Gasteiger charge is -2.31. The van der Waals surface area contributed by atoms with Crippen LogP contribution in [0, 0.1) is 11.8 Å². The second-order valence-corrected chi connectivity index (χ2v) is 11.6. The molecular weight excluding hydrogens is 510 g/mol. The molecular formula is C30H53N5O5. The molecule has 3 amide bonds. The molecule has 0 spiro atoms. The fraction of sp³-hybridized carbons (Fsp3) is 0.800. The highest BCUT2D eigenvalue weighted by molar-refractivity contribution is 5.93. The van der Waals surface area contributed by atoms with Crippen molar-refractivity contribution in [2.45, 2.75) is 110 Å². The summed E-state index contributed by atoms with van der Waals surface area (Å²) in [6.45, 7) is 13.1. The molecule has 40 heavy (non-hydrogen) atoms. The second kappa shape index (κ2) is 18.1. The van der Waals surface area contributed by atoms with E-state index in [4.69, 9.17) is 4.74 Å². The Morgan fingerprint density at radius 2 is 1.77 bits per heavy atom. The number of carbonyl (C=O) groups is 4. The van der Waals surface area contributed by atoms with Crippen LogP contribution in [0.1, 0.15) is 86.0 Å². The first-order valence-electron chi connectivity index (χ1n) is 15.3. The van der Waals surface area contributed by atoms with Gasteiger partial charge in [-0.25, -0.2) is 0 Å². The fourth-order valence-corrected chi connectivity index (χ4v) is 5.37. The SMILES string of the molecule is CCNC(=O)[C@@H]1CCCN1C(=O)[C@@H](NC(=O)[C@H](CC/C=C/CC(=O)OC(C)C)NCCC1CCNCC1)C(C)C. The molecule has 0 radical (unpaired) electrons. The van der Waals surface area contributed by atoms with Crippen molar-refractivity contribution in [3.63, 3.8) is 0 Å². The van der Waals surface area contributed by atoms with Gasteiger partial charge in [0.2, 0.25) is 17.7 Å². The zero-order valence-corrected chi connectivity index (χ0v) is 25.3. The zero-order valence-electron chi connectivity index (χ0n) is 25.3. The molecule has 0 aromatic rings. The quantitative estimate of drug-likeness (QED) is 0.168.